The zero-order valence-corrected chi connectivity index (χ0v) is 13.1. The average molecular weight is 307 g/mol. The summed E-state index contributed by atoms with van der Waals surface area (Å²) in [7, 11) is 0. The molecule has 0 aliphatic heterocycles. The molecule has 5 nitrogen and oxygen atoms in total. The summed E-state index contributed by atoms with van der Waals surface area (Å²) in [4.78, 5) is 11.8. The van der Waals surface area contributed by atoms with E-state index in [9.17, 15) is 4.79 Å². The van der Waals surface area contributed by atoms with E-state index in [0.29, 0.717) is 10.7 Å². The molecule has 0 aliphatic rings. The first kappa shape index (κ1) is 15.7. The standard InChI is InChI=1S/C15H21N3O2S/c1-2-3-4-5-6-7-8-13-17-18-15(21-13)16-14(19)12-9-10-20-11-12/h9-11H,2-8H2,1H3,(H,16,18,19). The van der Waals surface area contributed by atoms with E-state index in [4.69, 9.17) is 4.42 Å². The van der Waals surface area contributed by atoms with Crippen LogP contribution in [0.4, 0.5) is 5.13 Å². The van der Waals surface area contributed by atoms with Crippen LogP contribution in [-0.2, 0) is 6.42 Å². The van der Waals surface area contributed by atoms with E-state index < -0.39 is 0 Å². The molecule has 6 heteroatoms. The molecule has 0 saturated heterocycles. The third-order valence-electron chi connectivity index (χ3n) is 3.21. The molecule has 0 radical (unpaired) electrons. The number of nitrogens with one attached hydrogen (secondary N) is 1. The van der Waals surface area contributed by atoms with Gasteiger partial charge in [0.15, 0.2) is 0 Å². The Hall–Kier alpha value is -1.69. The molecule has 2 aromatic rings. The fourth-order valence-electron chi connectivity index (χ4n) is 2.02. The molecule has 21 heavy (non-hydrogen) atoms. The number of anilines is 1. The van der Waals surface area contributed by atoms with Crippen molar-refractivity contribution in [2.24, 2.45) is 0 Å². The van der Waals surface area contributed by atoms with Crippen molar-refractivity contribution >= 4 is 22.4 Å². The van der Waals surface area contributed by atoms with Crippen molar-refractivity contribution in [3.8, 4) is 0 Å². The maximum absolute atomic E-state index is 11.8. The summed E-state index contributed by atoms with van der Waals surface area (Å²) in [6.45, 7) is 2.22. The van der Waals surface area contributed by atoms with Crippen molar-refractivity contribution in [3.05, 3.63) is 29.2 Å². The Kier molecular flexibility index (Phi) is 6.40. The van der Waals surface area contributed by atoms with Gasteiger partial charge in [-0.1, -0.05) is 50.4 Å². The number of amides is 1. The molecule has 0 spiro atoms. The van der Waals surface area contributed by atoms with E-state index in [1.165, 1.54) is 56.0 Å². The smallest absolute Gasteiger partial charge is 0.260 e. The van der Waals surface area contributed by atoms with Crippen LogP contribution in [0.5, 0.6) is 0 Å². The third kappa shape index (κ3) is 5.30. The minimum Gasteiger partial charge on any atom is -0.472 e. The van der Waals surface area contributed by atoms with Crippen LogP contribution in [0.2, 0.25) is 0 Å². The second kappa shape index (κ2) is 8.56. The molecular weight excluding hydrogens is 286 g/mol. The molecule has 0 fully saturated rings. The number of aryl methyl sites for hydroxylation is 1. The molecule has 0 saturated carbocycles. The molecule has 0 aromatic carbocycles. The predicted molar refractivity (Wildman–Crippen MR) is 83.7 cm³/mol. The van der Waals surface area contributed by atoms with Gasteiger partial charge >= 0.3 is 0 Å². The van der Waals surface area contributed by atoms with Gasteiger partial charge in [-0.3, -0.25) is 10.1 Å². The molecule has 2 aromatic heterocycles. The highest BCUT2D eigenvalue weighted by atomic mass is 32.1. The Morgan fingerprint density at radius 3 is 2.81 bits per heavy atom. The highest BCUT2D eigenvalue weighted by molar-refractivity contribution is 7.15. The largest absolute Gasteiger partial charge is 0.472 e. The molecule has 0 unspecified atom stereocenters. The van der Waals surface area contributed by atoms with Gasteiger partial charge in [-0.15, -0.1) is 10.2 Å². The summed E-state index contributed by atoms with van der Waals surface area (Å²) in [5, 5.41) is 12.4. The molecule has 2 rings (SSSR count). The number of carbonyl (C=O) groups excluding carboxylic acids is 1. The monoisotopic (exact) mass is 307 g/mol. The van der Waals surface area contributed by atoms with E-state index in [2.05, 4.69) is 22.4 Å². The second-order valence-corrected chi connectivity index (χ2v) is 6.05. The number of hydrogen-bond donors (Lipinski definition) is 1. The maximum atomic E-state index is 11.8. The van der Waals surface area contributed by atoms with E-state index in [-0.39, 0.29) is 5.91 Å². The van der Waals surface area contributed by atoms with Crippen molar-refractivity contribution in [1.29, 1.82) is 0 Å². The second-order valence-electron chi connectivity index (χ2n) is 4.98. The molecule has 2 heterocycles. The summed E-state index contributed by atoms with van der Waals surface area (Å²) in [6, 6.07) is 1.62. The Morgan fingerprint density at radius 1 is 1.24 bits per heavy atom. The van der Waals surface area contributed by atoms with Crippen LogP contribution in [0.15, 0.2) is 23.0 Å². The average Bonchev–Trinajstić information content (AvgIpc) is 3.14. The van der Waals surface area contributed by atoms with Crippen LogP contribution in [0, 0.1) is 0 Å². The van der Waals surface area contributed by atoms with Crippen LogP contribution >= 0.6 is 11.3 Å². The first-order valence-corrected chi connectivity index (χ1v) is 8.27. The van der Waals surface area contributed by atoms with Crippen LogP contribution in [0.3, 0.4) is 0 Å². The van der Waals surface area contributed by atoms with Crippen molar-refractivity contribution in [1.82, 2.24) is 10.2 Å². The van der Waals surface area contributed by atoms with Crippen molar-refractivity contribution in [2.45, 2.75) is 51.9 Å². The Morgan fingerprint density at radius 2 is 2.05 bits per heavy atom. The van der Waals surface area contributed by atoms with Gasteiger partial charge in [0.2, 0.25) is 5.13 Å². The highest BCUT2D eigenvalue weighted by Gasteiger charge is 2.10. The maximum Gasteiger partial charge on any atom is 0.260 e. The number of carbonyl (C=O) groups is 1. The third-order valence-corrected chi connectivity index (χ3v) is 4.11. The Labute approximate surface area is 128 Å². The molecule has 0 aliphatic carbocycles. The van der Waals surface area contributed by atoms with Crippen LogP contribution in [-0.4, -0.2) is 16.1 Å². The van der Waals surface area contributed by atoms with Gasteiger partial charge in [0.25, 0.3) is 5.91 Å². The molecule has 0 bridgehead atoms. The first-order chi connectivity index (χ1) is 10.3. The lowest BCUT2D eigenvalue weighted by atomic mass is 10.1. The Balaban J connectivity index is 1.70. The lowest BCUT2D eigenvalue weighted by Gasteiger charge is -1.98. The predicted octanol–water partition coefficient (Wildman–Crippen LogP) is 4.29. The molecule has 1 amide bonds. The number of aromatic nitrogens is 2. The van der Waals surface area contributed by atoms with Gasteiger partial charge < -0.3 is 4.42 Å². The van der Waals surface area contributed by atoms with E-state index in [1.54, 1.807) is 6.07 Å². The van der Waals surface area contributed by atoms with Crippen molar-refractivity contribution < 1.29 is 9.21 Å². The fourth-order valence-corrected chi connectivity index (χ4v) is 2.80. The number of furan rings is 1. The summed E-state index contributed by atoms with van der Waals surface area (Å²) in [5.41, 5.74) is 0.489. The van der Waals surface area contributed by atoms with Crippen molar-refractivity contribution in [3.63, 3.8) is 0 Å². The number of hydrogen-bond acceptors (Lipinski definition) is 5. The number of unbranched alkanes of at least 4 members (excludes halogenated alkanes) is 5. The van der Waals surface area contributed by atoms with Gasteiger partial charge in [-0.05, 0) is 12.5 Å². The quantitative estimate of drug-likeness (QED) is 0.702. The van der Waals surface area contributed by atoms with Gasteiger partial charge in [0.05, 0.1) is 11.8 Å². The summed E-state index contributed by atoms with van der Waals surface area (Å²) in [6.07, 6.45) is 11.4. The van der Waals surface area contributed by atoms with Gasteiger partial charge in [-0.2, -0.15) is 0 Å². The SMILES string of the molecule is CCCCCCCCc1nnc(NC(=O)c2ccoc2)s1. The lowest BCUT2D eigenvalue weighted by Crippen LogP contribution is -2.10. The minimum atomic E-state index is -0.217. The van der Waals surface area contributed by atoms with Gasteiger partial charge in [-0.25, -0.2) is 0 Å². The van der Waals surface area contributed by atoms with Crippen molar-refractivity contribution in [2.75, 3.05) is 5.32 Å². The van der Waals surface area contributed by atoms with Crippen LogP contribution in [0.1, 0.15) is 60.8 Å². The lowest BCUT2D eigenvalue weighted by molar-refractivity contribution is 0.102. The van der Waals surface area contributed by atoms with E-state index >= 15 is 0 Å². The fraction of sp³-hybridized carbons (Fsp3) is 0.533. The summed E-state index contributed by atoms with van der Waals surface area (Å²) < 4.78 is 4.88. The number of rotatable bonds is 9. The minimum absolute atomic E-state index is 0.217. The molecule has 1 N–H and O–H groups in total. The van der Waals surface area contributed by atoms with Gasteiger partial charge in [0.1, 0.15) is 11.3 Å². The Bertz CT molecular complexity index is 537. The summed E-state index contributed by atoms with van der Waals surface area (Å²) in [5.74, 6) is -0.217. The topological polar surface area (TPSA) is 68.0 Å². The molecule has 114 valence electrons. The van der Waals surface area contributed by atoms with Crippen LogP contribution < -0.4 is 5.32 Å². The zero-order chi connectivity index (χ0) is 14.9. The first-order valence-electron chi connectivity index (χ1n) is 7.45. The summed E-state index contributed by atoms with van der Waals surface area (Å²) >= 11 is 1.44. The van der Waals surface area contributed by atoms with Gasteiger partial charge in [0, 0.05) is 6.42 Å². The number of nitrogens with zero attached hydrogens (tertiary/aromatic N) is 2. The molecule has 0 atom stereocenters. The highest BCUT2D eigenvalue weighted by Crippen LogP contribution is 2.18. The zero-order valence-electron chi connectivity index (χ0n) is 12.3. The van der Waals surface area contributed by atoms with E-state index in [0.717, 1.165) is 17.8 Å². The molecular formula is C15H21N3O2S. The normalized spacial score (nSPS) is 10.7. The van der Waals surface area contributed by atoms with Crippen LogP contribution in [0.25, 0.3) is 0 Å². The van der Waals surface area contributed by atoms with E-state index in [1.807, 2.05) is 0 Å².